The van der Waals surface area contributed by atoms with Crippen LogP contribution in [-0.2, 0) is 14.3 Å². The minimum absolute atomic E-state index is 0.316. The molecule has 0 heterocycles. The number of esters is 1. The number of amides is 3. The maximum Gasteiger partial charge on any atom is 0.321 e. The number of rotatable bonds is 5. The fourth-order valence-corrected chi connectivity index (χ4v) is 2.77. The third-order valence-corrected chi connectivity index (χ3v) is 3.98. The molecule has 3 amide bonds. The number of nitrogens with one attached hydrogen (secondary N) is 2. The number of ether oxygens (including phenoxy) is 1. The third kappa shape index (κ3) is 5.09. The zero-order valence-electron chi connectivity index (χ0n) is 13.2. The predicted molar refractivity (Wildman–Crippen MR) is 84.4 cm³/mol. The first-order chi connectivity index (χ1) is 11.1. The highest BCUT2D eigenvalue weighted by molar-refractivity contribution is 5.97. The summed E-state index contributed by atoms with van der Waals surface area (Å²) < 4.78 is 5.37. The van der Waals surface area contributed by atoms with Crippen LogP contribution in [0.4, 0.5) is 4.79 Å². The molecule has 6 heteroatoms. The molecular formula is C17H22N2O4. The second kappa shape index (κ2) is 8.31. The molecule has 2 N–H and O–H groups in total. The zero-order valence-corrected chi connectivity index (χ0v) is 13.2. The molecule has 0 aromatic heterocycles. The number of imide groups is 1. The van der Waals surface area contributed by atoms with Gasteiger partial charge in [0.1, 0.15) is 0 Å². The lowest BCUT2D eigenvalue weighted by Crippen LogP contribution is -2.41. The molecule has 23 heavy (non-hydrogen) atoms. The highest BCUT2D eigenvalue weighted by Crippen LogP contribution is 2.29. The second-order valence-electron chi connectivity index (χ2n) is 5.70. The largest absolute Gasteiger partial charge is 0.447 e. The quantitative estimate of drug-likeness (QED) is 0.816. The van der Waals surface area contributed by atoms with Crippen molar-refractivity contribution >= 4 is 17.9 Å². The number of hydrogen-bond acceptors (Lipinski definition) is 4. The monoisotopic (exact) mass is 318 g/mol. The van der Waals surface area contributed by atoms with Crippen LogP contribution in [0.5, 0.6) is 0 Å². The Morgan fingerprint density at radius 1 is 1.17 bits per heavy atom. The number of carbonyl (C=O) groups excluding carboxylic acids is 3. The average molecular weight is 318 g/mol. The van der Waals surface area contributed by atoms with Gasteiger partial charge in [0.2, 0.25) is 6.10 Å². The normalized spacial score (nSPS) is 15.7. The van der Waals surface area contributed by atoms with Crippen molar-refractivity contribution in [1.82, 2.24) is 10.6 Å². The molecule has 0 radical (unpaired) electrons. The van der Waals surface area contributed by atoms with Gasteiger partial charge in [0.05, 0.1) is 0 Å². The Hall–Kier alpha value is -2.37. The zero-order chi connectivity index (χ0) is 16.7. The van der Waals surface area contributed by atoms with Crippen LogP contribution in [0.3, 0.4) is 0 Å². The molecule has 1 aromatic rings. The molecule has 6 nitrogen and oxygen atoms in total. The molecule has 1 saturated carbocycles. The fourth-order valence-electron chi connectivity index (χ4n) is 2.77. The van der Waals surface area contributed by atoms with Gasteiger partial charge in [-0.15, -0.1) is 0 Å². The molecule has 1 aliphatic carbocycles. The summed E-state index contributed by atoms with van der Waals surface area (Å²) in [5, 5.41) is 4.46. The molecule has 1 atom stereocenters. The first-order valence-electron chi connectivity index (χ1n) is 7.87. The van der Waals surface area contributed by atoms with Gasteiger partial charge in [-0.2, -0.15) is 0 Å². The van der Waals surface area contributed by atoms with Crippen molar-refractivity contribution in [3.8, 4) is 0 Å². The molecule has 1 aromatic carbocycles. The highest BCUT2D eigenvalue weighted by Gasteiger charge is 2.28. The van der Waals surface area contributed by atoms with Crippen LogP contribution in [0, 0.1) is 5.92 Å². The van der Waals surface area contributed by atoms with Crippen molar-refractivity contribution in [2.75, 3.05) is 7.05 Å². The first kappa shape index (κ1) is 17.0. The van der Waals surface area contributed by atoms with E-state index in [-0.39, 0.29) is 0 Å². The van der Waals surface area contributed by atoms with Gasteiger partial charge in [-0.05, 0) is 18.8 Å². The first-order valence-corrected chi connectivity index (χ1v) is 7.87. The lowest BCUT2D eigenvalue weighted by atomic mass is 10.0. The van der Waals surface area contributed by atoms with Crippen LogP contribution in [0.2, 0.25) is 0 Å². The van der Waals surface area contributed by atoms with E-state index in [0.717, 1.165) is 25.7 Å². The van der Waals surface area contributed by atoms with Crippen molar-refractivity contribution < 1.29 is 19.1 Å². The summed E-state index contributed by atoms with van der Waals surface area (Å²) in [6.45, 7) is 0. The molecular weight excluding hydrogens is 296 g/mol. The van der Waals surface area contributed by atoms with E-state index in [4.69, 9.17) is 4.74 Å². The van der Waals surface area contributed by atoms with Crippen molar-refractivity contribution in [3.05, 3.63) is 35.9 Å². The van der Waals surface area contributed by atoms with Crippen molar-refractivity contribution in [1.29, 1.82) is 0 Å². The van der Waals surface area contributed by atoms with Crippen LogP contribution in [0.15, 0.2) is 30.3 Å². The highest BCUT2D eigenvalue weighted by atomic mass is 16.5. The second-order valence-corrected chi connectivity index (χ2v) is 5.70. The van der Waals surface area contributed by atoms with Crippen LogP contribution in [0.25, 0.3) is 0 Å². The van der Waals surface area contributed by atoms with Gasteiger partial charge in [0, 0.05) is 19.0 Å². The van der Waals surface area contributed by atoms with Crippen molar-refractivity contribution in [2.24, 2.45) is 5.92 Å². The summed E-state index contributed by atoms with van der Waals surface area (Å²) in [6.07, 6.45) is 3.51. The van der Waals surface area contributed by atoms with Crippen LogP contribution in [-0.4, -0.2) is 25.0 Å². The SMILES string of the molecule is CNC(=O)NC(=O)[C@@H](OC(=O)CC1CCCC1)c1ccccc1. The minimum atomic E-state index is -1.12. The molecule has 0 bridgehead atoms. The van der Waals surface area contributed by atoms with E-state index in [2.05, 4.69) is 10.6 Å². The number of carbonyl (C=O) groups is 3. The molecule has 1 aliphatic rings. The van der Waals surface area contributed by atoms with Gasteiger partial charge in [-0.25, -0.2) is 4.79 Å². The van der Waals surface area contributed by atoms with Gasteiger partial charge in [-0.3, -0.25) is 14.9 Å². The summed E-state index contributed by atoms with van der Waals surface area (Å²) in [5.74, 6) is -0.728. The summed E-state index contributed by atoms with van der Waals surface area (Å²) >= 11 is 0. The van der Waals surface area contributed by atoms with E-state index in [9.17, 15) is 14.4 Å². The Morgan fingerprint density at radius 2 is 1.83 bits per heavy atom. The van der Waals surface area contributed by atoms with Crippen LogP contribution in [0.1, 0.15) is 43.8 Å². The van der Waals surface area contributed by atoms with Gasteiger partial charge >= 0.3 is 12.0 Å². The van der Waals surface area contributed by atoms with Gasteiger partial charge < -0.3 is 10.1 Å². The van der Waals surface area contributed by atoms with E-state index in [0.29, 0.717) is 17.9 Å². The Labute approximate surface area is 135 Å². The Kier molecular flexibility index (Phi) is 6.14. The smallest absolute Gasteiger partial charge is 0.321 e. The summed E-state index contributed by atoms with van der Waals surface area (Å²) in [5.41, 5.74) is 0.536. The lowest BCUT2D eigenvalue weighted by molar-refractivity contribution is -0.157. The lowest BCUT2D eigenvalue weighted by Gasteiger charge is -2.18. The Morgan fingerprint density at radius 3 is 2.43 bits per heavy atom. The van der Waals surface area contributed by atoms with E-state index in [1.54, 1.807) is 30.3 Å². The van der Waals surface area contributed by atoms with Gasteiger partial charge in [0.25, 0.3) is 5.91 Å². The van der Waals surface area contributed by atoms with Crippen molar-refractivity contribution in [3.63, 3.8) is 0 Å². The molecule has 0 aliphatic heterocycles. The van der Waals surface area contributed by atoms with E-state index >= 15 is 0 Å². The molecule has 0 saturated heterocycles. The Bertz CT molecular complexity index is 553. The van der Waals surface area contributed by atoms with E-state index in [1.807, 2.05) is 0 Å². The number of hydrogen-bond donors (Lipinski definition) is 2. The van der Waals surface area contributed by atoms with Crippen molar-refractivity contribution in [2.45, 2.75) is 38.2 Å². The van der Waals surface area contributed by atoms with Crippen LogP contribution < -0.4 is 10.6 Å². The number of urea groups is 1. The minimum Gasteiger partial charge on any atom is -0.447 e. The average Bonchev–Trinajstić information content (AvgIpc) is 3.06. The molecule has 124 valence electrons. The maximum atomic E-state index is 12.2. The number of benzene rings is 1. The molecule has 1 fully saturated rings. The Balaban J connectivity index is 2.05. The van der Waals surface area contributed by atoms with Gasteiger partial charge in [-0.1, -0.05) is 43.2 Å². The summed E-state index contributed by atoms with van der Waals surface area (Å²) in [4.78, 5) is 35.7. The molecule has 0 spiro atoms. The van der Waals surface area contributed by atoms with E-state index in [1.165, 1.54) is 7.05 Å². The predicted octanol–water partition coefficient (Wildman–Crippen LogP) is 2.31. The summed E-state index contributed by atoms with van der Waals surface area (Å²) in [6, 6.07) is 8.05. The molecule has 2 rings (SSSR count). The van der Waals surface area contributed by atoms with Gasteiger partial charge in [0.15, 0.2) is 0 Å². The fraction of sp³-hybridized carbons (Fsp3) is 0.471. The standard InChI is InChI=1S/C17H22N2O4/c1-18-17(22)19-16(21)15(13-9-3-2-4-10-13)23-14(20)11-12-7-5-6-8-12/h2-4,9-10,12,15H,5-8,11H2,1H3,(H2,18,19,21,22)/t15-/m0/s1. The summed E-state index contributed by atoms with van der Waals surface area (Å²) in [7, 11) is 1.41. The van der Waals surface area contributed by atoms with E-state index < -0.39 is 24.0 Å². The molecule has 0 unspecified atom stereocenters. The maximum absolute atomic E-state index is 12.2. The topological polar surface area (TPSA) is 84.5 Å². The van der Waals surface area contributed by atoms with Crippen LogP contribution >= 0.6 is 0 Å². The third-order valence-electron chi connectivity index (χ3n) is 3.98.